The molecule has 1 aromatic heterocycles. The number of allylic oxidation sites excluding steroid dienone is 1. The second-order valence-electron chi connectivity index (χ2n) is 5.14. The van der Waals surface area contributed by atoms with Crippen molar-refractivity contribution in [2.75, 3.05) is 20.2 Å². The molecule has 1 heterocycles. The van der Waals surface area contributed by atoms with Gasteiger partial charge in [0.25, 0.3) is 0 Å². The van der Waals surface area contributed by atoms with E-state index in [-0.39, 0.29) is 0 Å². The predicted octanol–water partition coefficient (Wildman–Crippen LogP) is 4.36. The van der Waals surface area contributed by atoms with Crippen molar-refractivity contribution in [3.8, 4) is 5.88 Å². The van der Waals surface area contributed by atoms with Crippen molar-refractivity contribution in [2.45, 2.75) is 27.2 Å². The molecule has 1 aromatic rings. The van der Waals surface area contributed by atoms with Gasteiger partial charge in [-0.25, -0.2) is 9.98 Å². The Kier molecular flexibility index (Phi) is 7.43. The topological polar surface area (TPSA) is 37.7 Å². The average molecular weight is 354 g/mol. The van der Waals surface area contributed by atoms with E-state index < -0.39 is 0 Å². The third-order valence-corrected chi connectivity index (χ3v) is 3.64. The largest absolute Gasteiger partial charge is 0.477 e. The van der Waals surface area contributed by atoms with E-state index in [1.807, 2.05) is 37.4 Å². The highest BCUT2D eigenvalue weighted by atomic mass is 79.9. The summed E-state index contributed by atoms with van der Waals surface area (Å²) in [5, 5.41) is 0. The van der Waals surface area contributed by atoms with Crippen LogP contribution in [0.4, 0.5) is 5.69 Å². The minimum absolute atomic E-state index is 0.424. The van der Waals surface area contributed by atoms with Gasteiger partial charge in [-0.15, -0.1) is 6.58 Å². The molecular weight excluding hydrogens is 330 g/mol. The Labute approximate surface area is 136 Å². The maximum absolute atomic E-state index is 5.77. The van der Waals surface area contributed by atoms with Gasteiger partial charge in [-0.2, -0.15) is 0 Å². The summed E-state index contributed by atoms with van der Waals surface area (Å²) in [4.78, 5) is 10.9. The van der Waals surface area contributed by atoms with E-state index in [4.69, 9.17) is 4.74 Å². The zero-order chi connectivity index (χ0) is 15.8. The molecule has 0 aliphatic heterocycles. The molecule has 1 unspecified atom stereocenters. The van der Waals surface area contributed by atoms with Crippen molar-refractivity contribution >= 4 is 28.0 Å². The highest BCUT2D eigenvalue weighted by Crippen LogP contribution is 2.30. The lowest BCUT2D eigenvalue weighted by Crippen LogP contribution is -2.14. The van der Waals surface area contributed by atoms with E-state index in [9.17, 15) is 0 Å². The van der Waals surface area contributed by atoms with E-state index in [0.717, 1.165) is 28.8 Å². The van der Waals surface area contributed by atoms with Crippen molar-refractivity contribution in [1.82, 2.24) is 9.88 Å². The first kappa shape index (κ1) is 17.7. The number of hydrogen-bond donors (Lipinski definition) is 0. The molecule has 0 saturated carbocycles. The molecular formula is C16H24BrN3O. The number of aryl methyl sites for hydroxylation is 1. The van der Waals surface area contributed by atoms with Crippen LogP contribution >= 0.6 is 15.9 Å². The second-order valence-corrected chi connectivity index (χ2v) is 5.99. The normalized spacial score (nSPS) is 12.4. The quantitative estimate of drug-likeness (QED) is 0.396. The number of halogens is 1. The summed E-state index contributed by atoms with van der Waals surface area (Å²) in [5.41, 5.74) is 1.69. The number of ether oxygens (including phenoxy) is 1. The minimum atomic E-state index is 0.424. The van der Waals surface area contributed by atoms with Crippen LogP contribution in [-0.4, -0.2) is 36.4 Å². The molecule has 1 rings (SSSR count). The van der Waals surface area contributed by atoms with Crippen LogP contribution in [0.15, 0.2) is 28.2 Å². The molecule has 0 spiro atoms. The van der Waals surface area contributed by atoms with Gasteiger partial charge < -0.3 is 9.64 Å². The summed E-state index contributed by atoms with van der Waals surface area (Å²) in [5.74, 6) is 1.04. The standard InChI is InChI=1S/C16H24BrN3O/c1-6-8-12(3)10-21-16-14(17)9-15(13(4)19-16)18-11-20(5)7-2/h6,9,11-12H,1,7-8,10H2,2-5H3. The number of nitrogens with zero attached hydrogens (tertiary/aromatic N) is 3. The minimum Gasteiger partial charge on any atom is -0.477 e. The van der Waals surface area contributed by atoms with Crippen LogP contribution in [0.25, 0.3) is 0 Å². The van der Waals surface area contributed by atoms with Gasteiger partial charge in [-0.05, 0) is 48.2 Å². The zero-order valence-corrected chi connectivity index (χ0v) is 14.9. The molecule has 21 heavy (non-hydrogen) atoms. The molecule has 0 fully saturated rings. The number of hydrogen-bond acceptors (Lipinski definition) is 3. The maximum Gasteiger partial charge on any atom is 0.228 e. The lowest BCUT2D eigenvalue weighted by Gasteiger charge is -2.13. The van der Waals surface area contributed by atoms with Crippen LogP contribution in [0, 0.1) is 12.8 Å². The molecule has 1 atom stereocenters. The Morgan fingerprint density at radius 2 is 2.29 bits per heavy atom. The zero-order valence-electron chi connectivity index (χ0n) is 13.3. The lowest BCUT2D eigenvalue weighted by atomic mass is 10.1. The van der Waals surface area contributed by atoms with E-state index >= 15 is 0 Å². The first-order valence-corrected chi connectivity index (χ1v) is 7.92. The molecule has 0 bridgehead atoms. The van der Waals surface area contributed by atoms with E-state index in [1.165, 1.54) is 0 Å². The Hall–Kier alpha value is -1.36. The number of aliphatic imine (C=N–C) groups is 1. The number of rotatable bonds is 8. The van der Waals surface area contributed by atoms with Gasteiger partial charge in [0.2, 0.25) is 5.88 Å². The van der Waals surface area contributed by atoms with Crippen LogP contribution in [0.5, 0.6) is 5.88 Å². The van der Waals surface area contributed by atoms with Gasteiger partial charge in [0, 0.05) is 13.6 Å². The molecule has 0 saturated heterocycles. The summed E-state index contributed by atoms with van der Waals surface area (Å²) in [7, 11) is 1.99. The summed E-state index contributed by atoms with van der Waals surface area (Å²) >= 11 is 3.50. The molecule has 0 radical (unpaired) electrons. The second kappa shape index (κ2) is 8.82. The highest BCUT2D eigenvalue weighted by molar-refractivity contribution is 9.10. The summed E-state index contributed by atoms with van der Waals surface area (Å²) in [6.45, 7) is 11.4. The van der Waals surface area contributed by atoms with Crippen molar-refractivity contribution < 1.29 is 4.74 Å². The number of aromatic nitrogens is 1. The summed E-state index contributed by atoms with van der Waals surface area (Å²) < 4.78 is 6.59. The monoisotopic (exact) mass is 353 g/mol. The summed E-state index contributed by atoms with van der Waals surface area (Å²) in [6, 6.07) is 1.94. The molecule has 5 heteroatoms. The van der Waals surface area contributed by atoms with Crippen LogP contribution in [0.3, 0.4) is 0 Å². The van der Waals surface area contributed by atoms with Gasteiger partial charge in [0.15, 0.2) is 0 Å². The molecule has 4 nitrogen and oxygen atoms in total. The smallest absolute Gasteiger partial charge is 0.228 e. The third-order valence-electron chi connectivity index (χ3n) is 3.07. The SMILES string of the molecule is C=CCC(C)COc1nc(C)c(N=CN(C)CC)cc1Br. The third kappa shape index (κ3) is 5.87. The Bertz CT molecular complexity index is 503. The van der Waals surface area contributed by atoms with Crippen molar-refractivity contribution in [3.63, 3.8) is 0 Å². The fourth-order valence-corrected chi connectivity index (χ4v) is 2.02. The van der Waals surface area contributed by atoms with Crippen LogP contribution in [0.2, 0.25) is 0 Å². The molecule has 0 amide bonds. The van der Waals surface area contributed by atoms with Gasteiger partial charge in [-0.1, -0.05) is 13.0 Å². The lowest BCUT2D eigenvalue weighted by molar-refractivity contribution is 0.250. The van der Waals surface area contributed by atoms with Gasteiger partial charge >= 0.3 is 0 Å². The van der Waals surface area contributed by atoms with E-state index in [1.54, 1.807) is 0 Å². The first-order chi connectivity index (χ1) is 9.97. The van der Waals surface area contributed by atoms with E-state index in [0.29, 0.717) is 18.4 Å². The van der Waals surface area contributed by atoms with Crippen molar-refractivity contribution in [3.05, 3.63) is 28.9 Å². The van der Waals surface area contributed by atoms with Gasteiger partial charge in [-0.3, -0.25) is 0 Å². The molecule has 0 aromatic carbocycles. The van der Waals surface area contributed by atoms with Crippen molar-refractivity contribution in [2.24, 2.45) is 10.9 Å². The van der Waals surface area contributed by atoms with Crippen molar-refractivity contribution in [1.29, 1.82) is 0 Å². The molecule has 0 N–H and O–H groups in total. The average Bonchev–Trinajstić information content (AvgIpc) is 2.46. The fourth-order valence-electron chi connectivity index (χ4n) is 1.60. The Morgan fingerprint density at radius 3 is 2.90 bits per heavy atom. The highest BCUT2D eigenvalue weighted by Gasteiger charge is 2.09. The van der Waals surface area contributed by atoms with Crippen LogP contribution in [-0.2, 0) is 0 Å². The summed E-state index contributed by atoms with van der Waals surface area (Å²) in [6.07, 6.45) is 4.65. The molecule has 0 aliphatic carbocycles. The van der Waals surface area contributed by atoms with Gasteiger partial charge in [0.05, 0.1) is 28.8 Å². The Morgan fingerprint density at radius 1 is 1.57 bits per heavy atom. The molecule has 0 aliphatic rings. The Balaban J connectivity index is 2.79. The predicted molar refractivity (Wildman–Crippen MR) is 92.6 cm³/mol. The maximum atomic E-state index is 5.77. The van der Waals surface area contributed by atoms with Gasteiger partial charge in [0.1, 0.15) is 0 Å². The molecule has 116 valence electrons. The van der Waals surface area contributed by atoms with Crippen LogP contribution in [0.1, 0.15) is 26.0 Å². The fraction of sp³-hybridized carbons (Fsp3) is 0.500. The van der Waals surface area contributed by atoms with Crippen LogP contribution < -0.4 is 4.74 Å². The van der Waals surface area contributed by atoms with E-state index in [2.05, 4.69) is 46.3 Å². The number of pyridine rings is 1. The first-order valence-electron chi connectivity index (χ1n) is 7.13.